The highest BCUT2D eigenvalue weighted by atomic mass is 32.1. The van der Waals surface area contributed by atoms with Gasteiger partial charge in [0, 0.05) is 57.6 Å². The first-order valence-corrected chi connectivity index (χ1v) is 14.2. The Morgan fingerprint density at radius 3 is 1.86 bits per heavy atom. The molecule has 0 atom stereocenters. The van der Waals surface area contributed by atoms with Gasteiger partial charge >= 0.3 is 0 Å². The van der Waals surface area contributed by atoms with Crippen molar-refractivity contribution in [3.05, 3.63) is 35.9 Å². The second-order valence-electron chi connectivity index (χ2n) is 10.9. The van der Waals surface area contributed by atoms with Gasteiger partial charge < -0.3 is 25.3 Å². The molecular weight excluding hydrogens is 466 g/mol. The van der Waals surface area contributed by atoms with E-state index in [9.17, 15) is 0 Å². The highest BCUT2D eigenvalue weighted by molar-refractivity contribution is 7.80. The average molecular weight is 508 g/mol. The normalized spacial score (nSPS) is 19.6. The fraction of sp³-hybridized carbons (Fsp3) is 0.607. The van der Waals surface area contributed by atoms with E-state index in [1.807, 2.05) is 0 Å². The molecule has 0 aliphatic carbocycles. The SMILES string of the molecule is CC1CCN(c2cc(N3CCC(C)CC3)nc(NC(=S)NCc3ccc(N4CCCC4)cc3)n2)CC1. The number of nitrogens with zero attached hydrogens (tertiary/aromatic N) is 5. The Morgan fingerprint density at radius 2 is 1.33 bits per heavy atom. The van der Waals surface area contributed by atoms with Crippen molar-refractivity contribution in [2.24, 2.45) is 11.8 Å². The smallest absolute Gasteiger partial charge is 0.232 e. The Hall–Kier alpha value is -2.61. The topological polar surface area (TPSA) is 59.6 Å². The summed E-state index contributed by atoms with van der Waals surface area (Å²) in [5.41, 5.74) is 2.52. The van der Waals surface area contributed by atoms with Gasteiger partial charge in [-0.3, -0.25) is 0 Å². The van der Waals surface area contributed by atoms with Gasteiger partial charge in [0.2, 0.25) is 5.95 Å². The van der Waals surface area contributed by atoms with E-state index in [0.29, 0.717) is 17.6 Å². The number of nitrogens with one attached hydrogen (secondary N) is 2. The Kier molecular flexibility index (Phi) is 8.09. The van der Waals surface area contributed by atoms with Crippen molar-refractivity contribution in [2.75, 3.05) is 59.3 Å². The summed E-state index contributed by atoms with van der Waals surface area (Å²) in [7, 11) is 0. The van der Waals surface area contributed by atoms with Crippen molar-refractivity contribution in [1.29, 1.82) is 0 Å². The summed E-state index contributed by atoms with van der Waals surface area (Å²) in [6.45, 7) is 11.9. The molecule has 0 unspecified atom stereocenters. The lowest BCUT2D eigenvalue weighted by Gasteiger charge is -2.34. The molecule has 8 heteroatoms. The molecule has 2 aromatic rings. The molecule has 36 heavy (non-hydrogen) atoms. The molecule has 0 saturated carbocycles. The molecule has 0 spiro atoms. The van der Waals surface area contributed by atoms with E-state index >= 15 is 0 Å². The van der Waals surface area contributed by atoms with E-state index in [1.54, 1.807) is 0 Å². The predicted molar refractivity (Wildman–Crippen MR) is 154 cm³/mol. The first kappa shape index (κ1) is 25.1. The van der Waals surface area contributed by atoms with Crippen LogP contribution in [0.4, 0.5) is 23.3 Å². The van der Waals surface area contributed by atoms with Crippen LogP contribution < -0.4 is 25.3 Å². The summed E-state index contributed by atoms with van der Waals surface area (Å²) in [6, 6.07) is 11.0. The number of hydrogen-bond acceptors (Lipinski definition) is 6. The lowest BCUT2D eigenvalue weighted by Crippen LogP contribution is -2.36. The lowest BCUT2D eigenvalue weighted by atomic mass is 9.99. The number of thiocarbonyl (C=S) groups is 1. The lowest BCUT2D eigenvalue weighted by molar-refractivity contribution is 0.433. The molecule has 5 rings (SSSR count). The minimum Gasteiger partial charge on any atom is -0.372 e. The number of hydrogen-bond donors (Lipinski definition) is 2. The summed E-state index contributed by atoms with van der Waals surface area (Å²) in [5.74, 6) is 4.16. The summed E-state index contributed by atoms with van der Waals surface area (Å²) < 4.78 is 0. The maximum atomic E-state index is 5.64. The molecule has 3 fully saturated rings. The quantitative estimate of drug-likeness (QED) is 0.528. The largest absolute Gasteiger partial charge is 0.372 e. The predicted octanol–water partition coefficient (Wildman–Crippen LogP) is 5.04. The van der Waals surface area contributed by atoms with E-state index in [0.717, 1.165) is 49.7 Å². The molecule has 0 bridgehead atoms. The van der Waals surface area contributed by atoms with Crippen LogP contribution in [0.2, 0.25) is 0 Å². The van der Waals surface area contributed by atoms with Crippen LogP contribution >= 0.6 is 12.2 Å². The van der Waals surface area contributed by atoms with Gasteiger partial charge in [0.15, 0.2) is 5.11 Å². The molecule has 0 radical (unpaired) electrons. The Morgan fingerprint density at radius 1 is 0.806 bits per heavy atom. The van der Waals surface area contributed by atoms with E-state index in [4.69, 9.17) is 22.2 Å². The van der Waals surface area contributed by atoms with Crippen LogP contribution in [0.5, 0.6) is 0 Å². The first-order chi connectivity index (χ1) is 17.5. The second kappa shape index (κ2) is 11.6. The van der Waals surface area contributed by atoms with Crippen LogP contribution in [0, 0.1) is 11.8 Å². The van der Waals surface area contributed by atoms with Gasteiger partial charge in [-0.1, -0.05) is 26.0 Å². The zero-order valence-electron chi connectivity index (χ0n) is 21.9. The van der Waals surface area contributed by atoms with E-state index in [1.165, 1.54) is 62.9 Å². The minimum atomic E-state index is 0.557. The van der Waals surface area contributed by atoms with Crippen molar-refractivity contribution in [3.8, 4) is 0 Å². The van der Waals surface area contributed by atoms with Gasteiger partial charge in [0.1, 0.15) is 11.6 Å². The standard InChI is InChI=1S/C28H41N7S/c1-21-9-15-34(16-10-21)25-19-26(35-17-11-22(2)12-18-35)31-27(30-25)32-28(36)29-20-23-5-7-24(8-6-23)33-13-3-4-14-33/h5-8,19,21-22H,3-4,9-18,20H2,1-2H3,(H2,29,30,31,32,36). The third-order valence-corrected chi connectivity index (χ3v) is 8.25. The van der Waals surface area contributed by atoms with Gasteiger partial charge in [0.25, 0.3) is 0 Å². The number of anilines is 4. The number of benzene rings is 1. The van der Waals surface area contributed by atoms with Crippen molar-refractivity contribution >= 4 is 40.6 Å². The maximum Gasteiger partial charge on any atom is 0.232 e. The van der Waals surface area contributed by atoms with Crippen molar-refractivity contribution in [1.82, 2.24) is 15.3 Å². The van der Waals surface area contributed by atoms with Gasteiger partial charge in [-0.25, -0.2) is 0 Å². The second-order valence-corrected chi connectivity index (χ2v) is 11.3. The first-order valence-electron chi connectivity index (χ1n) is 13.8. The monoisotopic (exact) mass is 507 g/mol. The zero-order chi connectivity index (χ0) is 24.9. The maximum absolute atomic E-state index is 5.64. The molecular formula is C28H41N7S. The highest BCUT2D eigenvalue weighted by Gasteiger charge is 2.22. The molecule has 194 valence electrons. The summed E-state index contributed by atoms with van der Waals surface area (Å²) in [5, 5.41) is 7.18. The van der Waals surface area contributed by atoms with Crippen molar-refractivity contribution < 1.29 is 0 Å². The van der Waals surface area contributed by atoms with Gasteiger partial charge in [-0.2, -0.15) is 9.97 Å². The van der Waals surface area contributed by atoms with Crippen LogP contribution in [0.15, 0.2) is 30.3 Å². The van der Waals surface area contributed by atoms with E-state index in [-0.39, 0.29) is 0 Å². The highest BCUT2D eigenvalue weighted by Crippen LogP contribution is 2.28. The molecule has 3 aliphatic rings. The van der Waals surface area contributed by atoms with E-state index in [2.05, 4.69) is 69.5 Å². The van der Waals surface area contributed by atoms with Crippen molar-refractivity contribution in [2.45, 2.75) is 58.9 Å². The number of aromatic nitrogens is 2. The summed E-state index contributed by atoms with van der Waals surface area (Å²) >= 11 is 5.64. The van der Waals surface area contributed by atoms with Gasteiger partial charge in [-0.15, -0.1) is 0 Å². The molecule has 1 aromatic carbocycles. The van der Waals surface area contributed by atoms with Crippen LogP contribution in [0.1, 0.15) is 57.9 Å². The summed E-state index contributed by atoms with van der Waals surface area (Å²) in [4.78, 5) is 17.0. The third-order valence-electron chi connectivity index (χ3n) is 8.00. The Balaban J connectivity index is 1.24. The van der Waals surface area contributed by atoms with Crippen LogP contribution in [0.25, 0.3) is 0 Å². The fourth-order valence-electron chi connectivity index (χ4n) is 5.41. The number of piperidine rings is 2. The minimum absolute atomic E-state index is 0.557. The fourth-order valence-corrected chi connectivity index (χ4v) is 5.57. The summed E-state index contributed by atoms with van der Waals surface area (Å²) in [6.07, 6.45) is 7.42. The molecule has 3 aliphatic heterocycles. The Labute approximate surface area is 221 Å². The molecule has 1 aromatic heterocycles. The molecule has 2 N–H and O–H groups in total. The van der Waals surface area contributed by atoms with Crippen molar-refractivity contribution in [3.63, 3.8) is 0 Å². The zero-order valence-corrected chi connectivity index (χ0v) is 22.7. The van der Waals surface area contributed by atoms with Crippen LogP contribution in [-0.2, 0) is 6.54 Å². The van der Waals surface area contributed by atoms with Gasteiger partial charge in [0.05, 0.1) is 0 Å². The van der Waals surface area contributed by atoms with E-state index < -0.39 is 0 Å². The molecule has 4 heterocycles. The van der Waals surface area contributed by atoms with Crippen LogP contribution in [-0.4, -0.2) is 54.3 Å². The average Bonchev–Trinajstić information content (AvgIpc) is 3.44. The molecule has 0 amide bonds. The number of rotatable bonds is 6. The Bertz CT molecular complexity index is 965. The van der Waals surface area contributed by atoms with Gasteiger partial charge in [-0.05, 0) is 80.3 Å². The molecule has 7 nitrogen and oxygen atoms in total. The third kappa shape index (κ3) is 6.38. The van der Waals surface area contributed by atoms with Crippen LogP contribution in [0.3, 0.4) is 0 Å². The molecule has 3 saturated heterocycles.